The molecule has 3 aliphatic carbocycles. The molecule has 2 N–H and O–H groups in total. The van der Waals surface area contributed by atoms with Gasteiger partial charge in [0.25, 0.3) is 6.47 Å². The number of fused-ring (bicyclic) bond motifs is 2. The summed E-state index contributed by atoms with van der Waals surface area (Å²) in [6.07, 6.45) is 0.00720. The van der Waals surface area contributed by atoms with E-state index >= 15 is 0 Å². The maximum absolute atomic E-state index is 13.2. The van der Waals surface area contributed by atoms with Crippen molar-refractivity contribution in [3.05, 3.63) is 22.5 Å². The molecule has 1 saturated carbocycles. The van der Waals surface area contributed by atoms with Gasteiger partial charge in [-0.1, -0.05) is 41.0 Å². The van der Waals surface area contributed by atoms with E-state index in [4.69, 9.17) is 4.74 Å². The third kappa shape index (κ3) is 2.60. The number of hydrogen-bond acceptors (Lipinski definition) is 6. The van der Waals surface area contributed by atoms with E-state index in [-0.39, 0.29) is 40.4 Å². The van der Waals surface area contributed by atoms with E-state index in [0.29, 0.717) is 6.42 Å². The molecule has 0 saturated heterocycles. The summed E-state index contributed by atoms with van der Waals surface area (Å²) in [5, 5.41) is 21.7. The lowest BCUT2D eigenvalue weighted by atomic mass is 9.47. The summed E-state index contributed by atoms with van der Waals surface area (Å²) in [7, 11) is 0. The molecule has 6 nitrogen and oxygen atoms in total. The monoisotopic (exact) mass is 376 g/mol. The van der Waals surface area contributed by atoms with Crippen LogP contribution in [0.5, 0.6) is 0 Å². The zero-order chi connectivity index (χ0) is 20.3. The largest absolute Gasteiger partial charge is 0.504 e. The van der Waals surface area contributed by atoms with Crippen molar-refractivity contribution in [2.75, 3.05) is 0 Å². The number of aliphatic hydroxyl groups is 2. The number of carbonyl (C=O) groups excluding carboxylic acids is 3. The fraction of sp³-hybridized carbons (Fsp3) is 0.667. The Hall–Kier alpha value is -1.95. The van der Waals surface area contributed by atoms with E-state index in [1.807, 2.05) is 20.8 Å². The maximum atomic E-state index is 13.2. The Morgan fingerprint density at radius 1 is 1.15 bits per heavy atom. The van der Waals surface area contributed by atoms with Crippen LogP contribution in [0.1, 0.15) is 53.9 Å². The minimum atomic E-state index is -1.20. The molecule has 6 heteroatoms. The predicted octanol–water partition coefficient (Wildman–Crippen LogP) is 2.65. The van der Waals surface area contributed by atoms with E-state index < -0.39 is 34.9 Å². The molecule has 0 spiro atoms. The van der Waals surface area contributed by atoms with Gasteiger partial charge in [0.05, 0.1) is 11.7 Å². The minimum absolute atomic E-state index is 0.0163. The van der Waals surface area contributed by atoms with Crippen LogP contribution in [0.25, 0.3) is 0 Å². The SMILES string of the molecule is CC(C)C1=C(O)C(=O)C2=C(C1=O)[C@H](OC=O)[C@@H](O)[C@H]1C(C)(C)CCC[C@]21C. The number of carbonyl (C=O) groups is 3. The average Bonchev–Trinajstić information content (AvgIpc) is 2.54. The molecule has 1 fully saturated rings. The fourth-order valence-electron chi connectivity index (χ4n) is 5.86. The van der Waals surface area contributed by atoms with E-state index in [0.717, 1.165) is 12.8 Å². The van der Waals surface area contributed by atoms with Gasteiger partial charge in [-0.15, -0.1) is 0 Å². The molecule has 0 aromatic heterocycles. The van der Waals surface area contributed by atoms with Crippen molar-refractivity contribution >= 4 is 18.0 Å². The van der Waals surface area contributed by atoms with E-state index in [1.54, 1.807) is 13.8 Å². The second kappa shape index (κ2) is 6.30. The topological polar surface area (TPSA) is 101 Å². The highest BCUT2D eigenvalue weighted by atomic mass is 16.5. The van der Waals surface area contributed by atoms with Crippen LogP contribution in [0.4, 0.5) is 0 Å². The normalized spacial score (nSPS) is 35.9. The van der Waals surface area contributed by atoms with Gasteiger partial charge in [-0.25, -0.2) is 0 Å². The molecule has 0 bridgehead atoms. The Bertz CT molecular complexity index is 772. The summed E-state index contributed by atoms with van der Waals surface area (Å²) in [5.41, 5.74) is -0.830. The molecular weight excluding hydrogens is 348 g/mol. The minimum Gasteiger partial charge on any atom is -0.504 e. The molecule has 4 atom stereocenters. The summed E-state index contributed by atoms with van der Waals surface area (Å²) < 4.78 is 5.17. The van der Waals surface area contributed by atoms with Crippen molar-refractivity contribution in [1.82, 2.24) is 0 Å². The molecular formula is C21H28O6. The van der Waals surface area contributed by atoms with Crippen LogP contribution in [-0.4, -0.2) is 40.5 Å². The Morgan fingerprint density at radius 3 is 2.33 bits per heavy atom. The van der Waals surface area contributed by atoms with Crippen LogP contribution >= 0.6 is 0 Å². The standard InChI is InChI=1S/C21H28O6/c1-10(2)11-14(23)12-13(16(25)15(11)24)21(5)8-6-7-20(3,4)19(21)17(26)18(12)27-9-22/h9-10,17-19,24,26H,6-8H2,1-5H3/t17-,18+,19+,21-/m1/s1. The Kier molecular flexibility index (Phi) is 4.62. The van der Waals surface area contributed by atoms with Crippen LogP contribution < -0.4 is 0 Å². The van der Waals surface area contributed by atoms with Crippen LogP contribution in [0.2, 0.25) is 0 Å². The van der Waals surface area contributed by atoms with Crippen molar-refractivity contribution in [1.29, 1.82) is 0 Å². The molecule has 148 valence electrons. The number of allylic oxidation sites excluding steroid dienone is 2. The lowest BCUT2D eigenvalue weighted by Gasteiger charge is -2.57. The van der Waals surface area contributed by atoms with Gasteiger partial charge in [-0.05, 0) is 24.2 Å². The van der Waals surface area contributed by atoms with Gasteiger partial charge in [0.15, 0.2) is 17.6 Å². The second-order valence-electron chi connectivity index (χ2n) is 9.24. The number of ether oxygens (including phenoxy) is 1. The summed E-state index contributed by atoms with van der Waals surface area (Å²) in [6.45, 7) is 9.56. The molecule has 0 aromatic rings. The molecule has 0 aliphatic heterocycles. The lowest BCUT2D eigenvalue weighted by molar-refractivity contribution is -0.157. The molecule has 0 radical (unpaired) electrons. The van der Waals surface area contributed by atoms with Crippen molar-refractivity contribution in [3.8, 4) is 0 Å². The highest BCUT2D eigenvalue weighted by Crippen LogP contribution is 2.61. The first-order valence-corrected chi connectivity index (χ1v) is 9.53. The summed E-state index contributed by atoms with van der Waals surface area (Å²) in [6, 6.07) is 0. The highest BCUT2D eigenvalue weighted by molar-refractivity contribution is 6.25. The molecule has 0 unspecified atom stereocenters. The first kappa shape index (κ1) is 19.8. The Balaban J connectivity index is 2.31. The van der Waals surface area contributed by atoms with E-state index in [1.165, 1.54) is 0 Å². The highest BCUT2D eigenvalue weighted by Gasteiger charge is 2.62. The number of ketones is 2. The number of Topliss-reactive ketones (excluding diaryl/α,β-unsaturated/α-hetero) is 2. The van der Waals surface area contributed by atoms with Gasteiger partial charge in [0, 0.05) is 22.5 Å². The smallest absolute Gasteiger partial charge is 0.293 e. The Labute approximate surface area is 159 Å². The van der Waals surface area contributed by atoms with Crippen LogP contribution in [-0.2, 0) is 19.1 Å². The van der Waals surface area contributed by atoms with Crippen molar-refractivity contribution < 1.29 is 29.3 Å². The first-order valence-electron chi connectivity index (χ1n) is 9.53. The summed E-state index contributed by atoms with van der Waals surface area (Å²) in [4.78, 5) is 37.6. The number of hydrogen-bond donors (Lipinski definition) is 2. The average molecular weight is 376 g/mol. The van der Waals surface area contributed by atoms with Crippen molar-refractivity contribution in [3.63, 3.8) is 0 Å². The molecule has 0 amide bonds. The van der Waals surface area contributed by atoms with Crippen molar-refractivity contribution in [2.24, 2.45) is 22.7 Å². The van der Waals surface area contributed by atoms with Gasteiger partial charge in [-0.2, -0.15) is 0 Å². The quantitative estimate of drug-likeness (QED) is 0.580. The molecule has 27 heavy (non-hydrogen) atoms. The zero-order valence-electron chi connectivity index (χ0n) is 16.5. The van der Waals surface area contributed by atoms with Gasteiger partial charge in [0.1, 0.15) is 0 Å². The lowest BCUT2D eigenvalue weighted by Crippen LogP contribution is -2.60. The zero-order valence-corrected chi connectivity index (χ0v) is 16.5. The Morgan fingerprint density at radius 2 is 1.78 bits per heavy atom. The molecule has 0 aromatic carbocycles. The fourth-order valence-corrected chi connectivity index (χ4v) is 5.86. The van der Waals surface area contributed by atoms with Crippen LogP contribution in [0.3, 0.4) is 0 Å². The van der Waals surface area contributed by atoms with Crippen LogP contribution in [0, 0.1) is 22.7 Å². The van der Waals surface area contributed by atoms with Crippen LogP contribution in [0.15, 0.2) is 22.5 Å². The van der Waals surface area contributed by atoms with Gasteiger partial charge >= 0.3 is 0 Å². The molecule has 3 rings (SSSR count). The third-order valence-electron chi connectivity index (χ3n) is 6.79. The molecule has 0 heterocycles. The maximum Gasteiger partial charge on any atom is 0.293 e. The van der Waals surface area contributed by atoms with E-state index in [2.05, 4.69) is 0 Å². The van der Waals surface area contributed by atoms with Gasteiger partial charge in [-0.3, -0.25) is 14.4 Å². The first-order chi connectivity index (χ1) is 12.5. The summed E-state index contributed by atoms with van der Waals surface area (Å²) in [5.74, 6) is -2.36. The predicted molar refractivity (Wildman–Crippen MR) is 97.7 cm³/mol. The van der Waals surface area contributed by atoms with Gasteiger partial charge < -0.3 is 14.9 Å². The van der Waals surface area contributed by atoms with Crippen molar-refractivity contribution in [2.45, 2.75) is 66.1 Å². The molecule has 3 aliphatic rings. The second-order valence-corrected chi connectivity index (χ2v) is 9.24. The number of rotatable bonds is 3. The van der Waals surface area contributed by atoms with E-state index in [9.17, 15) is 24.6 Å². The van der Waals surface area contributed by atoms with Gasteiger partial charge in [0.2, 0.25) is 5.78 Å². The number of aliphatic hydroxyl groups excluding tert-OH is 2. The summed E-state index contributed by atoms with van der Waals surface area (Å²) >= 11 is 0. The third-order valence-corrected chi connectivity index (χ3v) is 6.79.